The average Bonchev–Trinajstić information content (AvgIpc) is 2.03. The number of allylic oxidation sites excluding steroid dienone is 4. The SMILES string of the molecule is CC1=CC2C(C=C1)CC1(C)[B]C2(C)C1. The van der Waals surface area contributed by atoms with Gasteiger partial charge in [-0.1, -0.05) is 54.7 Å². The van der Waals surface area contributed by atoms with E-state index < -0.39 is 0 Å². The highest BCUT2D eigenvalue weighted by atomic mass is 14.5. The molecule has 4 rings (SSSR count). The Balaban J connectivity index is 1.96. The first-order valence-corrected chi connectivity index (χ1v) is 5.75. The van der Waals surface area contributed by atoms with Gasteiger partial charge in [0.2, 0.25) is 0 Å². The van der Waals surface area contributed by atoms with Crippen LogP contribution in [0, 0.1) is 11.8 Å². The second-order valence-corrected chi connectivity index (χ2v) is 6.14. The highest BCUT2D eigenvalue weighted by molar-refractivity contribution is 6.49. The van der Waals surface area contributed by atoms with E-state index in [1.165, 1.54) is 18.4 Å². The molecule has 2 heterocycles. The summed E-state index contributed by atoms with van der Waals surface area (Å²) in [6.07, 6.45) is 10.0. The van der Waals surface area contributed by atoms with Crippen molar-refractivity contribution >= 4 is 7.28 Å². The van der Waals surface area contributed by atoms with Crippen LogP contribution in [0.2, 0.25) is 10.6 Å². The van der Waals surface area contributed by atoms with E-state index >= 15 is 0 Å². The molecule has 1 heteroatoms. The van der Waals surface area contributed by atoms with Gasteiger partial charge in [-0.15, -0.1) is 0 Å². The van der Waals surface area contributed by atoms with Crippen LogP contribution in [0.5, 0.6) is 0 Å². The Kier molecular flexibility index (Phi) is 1.50. The summed E-state index contributed by atoms with van der Waals surface area (Å²) in [7, 11) is 2.62. The summed E-state index contributed by atoms with van der Waals surface area (Å²) < 4.78 is 0. The molecule has 0 aromatic rings. The fourth-order valence-corrected chi connectivity index (χ4v) is 4.25. The fourth-order valence-electron chi connectivity index (χ4n) is 4.25. The lowest BCUT2D eigenvalue weighted by atomic mass is 9.18. The van der Waals surface area contributed by atoms with Crippen molar-refractivity contribution in [1.29, 1.82) is 0 Å². The number of hydrogen-bond donors (Lipinski definition) is 0. The molecule has 4 unspecified atom stereocenters. The van der Waals surface area contributed by atoms with Crippen LogP contribution in [0.4, 0.5) is 0 Å². The Labute approximate surface area is 87.7 Å². The van der Waals surface area contributed by atoms with Crippen molar-refractivity contribution in [1.82, 2.24) is 0 Å². The molecule has 1 saturated carbocycles. The lowest BCUT2D eigenvalue weighted by Crippen LogP contribution is -2.54. The smallest absolute Gasteiger partial charge is 0.0806 e. The molecule has 2 aliphatic carbocycles. The molecule has 0 amide bonds. The fraction of sp³-hybridized carbons (Fsp3) is 0.692. The van der Waals surface area contributed by atoms with E-state index in [0.717, 1.165) is 11.8 Å². The maximum absolute atomic E-state index is 2.62. The molecule has 0 aromatic heterocycles. The maximum Gasteiger partial charge on any atom is 0.126 e. The summed E-state index contributed by atoms with van der Waals surface area (Å²) in [5.41, 5.74) is 1.45. The van der Waals surface area contributed by atoms with E-state index in [9.17, 15) is 0 Å². The van der Waals surface area contributed by atoms with Crippen LogP contribution in [-0.4, -0.2) is 7.28 Å². The summed E-state index contributed by atoms with van der Waals surface area (Å²) in [6.45, 7) is 7.08. The lowest BCUT2D eigenvalue weighted by molar-refractivity contribution is 0.157. The van der Waals surface area contributed by atoms with Crippen LogP contribution < -0.4 is 0 Å². The molecule has 0 spiro atoms. The largest absolute Gasteiger partial charge is 0.126 e. The highest BCUT2D eigenvalue weighted by Gasteiger charge is 2.59. The van der Waals surface area contributed by atoms with E-state index in [1.807, 2.05) is 0 Å². The van der Waals surface area contributed by atoms with Crippen LogP contribution in [0.1, 0.15) is 33.6 Å². The van der Waals surface area contributed by atoms with E-state index in [2.05, 4.69) is 46.3 Å². The molecule has 4 aliphatic rings. The zero-order chi connectivity index (χ0) is 9.97. The van der Waals surface area contributed by atoms with Gasteiger partial charge >= 0.3 is 0 Å². The minimum absolute atomic E-state index is 0.504. The summed E-state index contributed by atoms with van der Waals surface area (Å²) in [6, 6.07) is 0. The van der Waals surface area contributed by atoms with Gasteiger partial charge in [-0.3, -0.25) is 0 Å². The van der Waals surface area contributed by atoms with Gasteiger partial charge in [0.15, 0.2) is 0 Å². The van der Waals surface area contributed by atoms with E-state index in [1.54, 1.807) is 0 Å². The van der Waals surface area contributed by atoms with Crippen LogP contribution in [0.25, 0.3) is 0 Å². The van der Waals surface area contributed by atoms with Gasteiger partial charge in [-0.05, 0) is 25.2 Å². The van der Waals surface area contributed by atoms with E-state index in [0.29, 0.717) is 10.6 Å². The first-order chi connectivity index (χ1) is 6.51. The molecule has 2 saturated heterocycles. The molecule has 3 fully saturated rings. The van der Waals surface area contributed by atoms with Crippen molar-refractivity contribution in [3.63, 3.8) is 0 Å². The quantitative estimate of drug-likeness (QED) is 0.505. The summed E-state index contributed by atoms with van der Waals surface area (Å²) in [4.78, 5) is 0. The van der Waals surface area contributed by atoms with Crippen molar-refractivity contribution in [2.24, 2.45) is 11.8 Å². The zero-order valence-corrected chi connectivity index (χ0v) is 9.38. The van der Waals surface area contributed by atoms with Crippen molar-refractivity contribution in [3.8, 4) is 0 Å². The molecule has 2 bridgehead atoms. The van der Waals surface area contributed by atoms with Crippen LogP contribution in [0.3, 0.4) is 0 Å². The first-order valence-electron chi connectivity index (χ1n) is 5.75. The van der Waals surface area contributed by atoms with E-state index in [-0.39, 0.29) is 0 Å². The molecule has 2 aliphatic heterocycles. The third-order valence-corrected chi connectivity index (χ3v) is 4.44. The van der Waals surface area contributed by atoms with Crippen LogP contribution in [-0.2, 0) is 0 Å². The second-order valence-electron chi connectivity index (χ2n) is 6.14. The Morgan fingerprint density at radius 3 is 2.86 bits per heavy atom. The molecule has 0 aromatic carbocycles. The number of hydrogen-bond acceptors (Lipinski definition) is 0. The third kappa shape index (κ3) is 1.02. The molecule has 4 atom stereocenters. The van der Waals surface area contributed by atoms with Crippen LogP contribution >= 0.6 is 0 Å². The van der Waals surface area contributed by atoms with Gasteiger partial charge in [0.05, 0.1) is 0 Å². The zero-order valence-electron chi connectivity index (χ0n) is 9.38. The monoisotopic (exact) mass is 185 g/mol. The standard InChI is InChI=1S/C13H18B/c1-9-4-5-10-7-12(2)8-13(3,14-12)11(10)6-9/h4-6,10-11H,7-8H2,1-3H3. The summed E-state index contributed by atoms with van der Waals surface area (Å²) in [5, 5.41) is 1.06. The maximum atomic E-state index is 2.62. The van der Waals surface area contributed by atoms with Gasteiger partial charge in [0, 0.05) is 0 Å². The van der Waals surface area contributed by atoms with Crippen molar-refractivity contribution in [2.75, 3.05) is 0 Å². The normalized spacial score (nSPS) is 54.1. The Hall–Kier alpha value is -0.455. The summed E-state index contributed by atoms with van der Waals surface area (Å²) in [5.74, 6) is 1.60. The first kappa shape index (κ1) is 8.82. The second kappa shape index (κ2) is 2.37. The average molecular weight is 185 g/mol. The van der Waals surface area contributed by atoms with Gasteiger partial charge in [0.25, 0.3) is 0 Å². The minimum atomic E-state index is 0.504. The molecular weight excluding hydrogens is 167 g/mol. The topological polar surface area (TPSA) is 0 Å². The molecule has 0 N–H and O–H groups in total. The van der Waals surface area contributed by atoms with Gasteiger partial charge in [-0.25, -0.2) is 0 Å². The predicted molar refractivity (Wildman–Crippen MR) is 61.6 cm³/mol. The summed E-state index contributed by atoms with van der Waals surface area (Å²) >= 11 is 0. The third-order valence-electron chi connectivity index (χ3n) is 4.44. The van der Waals surface area contributed by atoms with Crippen molar-refractivity contribution < 1.29 is 0 Å². The van der Waals surface area contributed by atoms with Gasteiger partial charge in [0.1, 0.15) is 7.28 Å². The predicted octanol–water partition coefficient (Wildman–Crippen LogP) is 3.60. The lowest BCUT2D eigenvalue weighted by Gasteiger charge is -2.64. The Morgan fingerprint density at radius 1 is 1.43 bits per heavy atom. The Morgan fingerprint density at radius 2 is 2.14 bits per heavy atom. The molecule has 14 heavy (non-hydrogen) atoms. The molecular formula is C13H18B. The van der Waals surface area contributed by atoms with Crippen LogP contribution in [0.15, 0.2) is 23.8 Å². The van der Waals surface area contributed by atoms with Gasteiger partial charge < -0.3 is 0 Å². The Bertz CT molecular complexity index is 331. The highest BCUT2D eigenvalue weighted by Crippen LogP contribution is 2.71. The van der Waals surface area contributed by atoms with Gasteiger partial charge in [-0.2, -0.15) is 0 Å². The molecule has 73 valence electrons. The van der Waals surface area contributed by atoms with E-state index in [4.69, 9.17) is 0 Å². The molecule has 0 nitrogen and oxygen atoms in total. The molecule has 1 radical (unpaired) electrons. The number of rotatable bonds is 0. The van der Waals surface area contributed by atoms with Crippen molar-refractivity contribution in [3.05, 3.63) is 23.8 Å². The minimum Gasteiger partial charge on any atom is -0.0806 e. The van der Waals surface area contributed by atoms with Crippen molar-refractivity contribution in [2.45, 2.75) is 44.2 Å².